The third kappa shape index (κ3) is 2.33. The highest BCUT2D eigenvalue weighted by Gasteiger charge is 2.23. The van der Waals surface area contributed by atoms with Gasteiger partial charge in [0.25, 0.3) is 0 Å². The minimum atomic E-state index is -0.0471. The van der Waals surface area contributed by atoms with Crippen molar-refractivity contribution >= 4 is 11.6 Å². The average Bonchev–Trinajstić information content (AvgIpc) is 2.77. The van der Waals surface area contributed by atoms with Gasteiger partial charge in [0, 0.05) is 12.3 Å². The third-order valence-corrected chi connectivity index (χ3v) is 2.76. The Morgan fingerprint density at radius 3 is 3.00 bits per heavy atom. The van der Waals surface area contributed by atoms with Crippen LogP contribution in [0.3, 0.4) is 0 Å². The van der Waals surface area contributed by atoms with Crippen molar-refractivity contribution in [3.63, 3.8) is 0 Å². The second-order valence-corrected chi connectivity index (χ2v) is 4.05. The number of ether oxygens (including phenoxy) is 1. The van der Waals surface area contributed by atoms with E-state index in [1.807, 2.05) is 0 Å². The van der Waals surface area contributed by atoms with Gasteiger partial charge in [0.2, 0.25) is 5.91 Å². The normalized spacial score (nSPS) is 19.7. The van der Waals surface area contributed by atoms with Crippen LogP contribution in [0.4, 0.5) is 5.69 Å². The summed E-state index contributed by atoms with van der Waals surface area (Å²) < 4.78 is 5.16. The van der Waals surface area contributed by atoms with Gasteiger partial charge >= 0.3 is 0 Å². The molecule has 1 aromatic carbocycles. The summed E-state index contributed by atoms with van der Waals surface area (Å²) in [6.45, 7) is 2.96. The summed E-state index contributed by atoms with van der Waals surface area (Å²) in [5.74, 6) is 0.180. The number of rotatable bonds is 2. The van der Waals surface area contributed by atoms with Crippen LogP contribution in [-0.4, -0.2) is 24.2 Å². The van der Waals surface area contributed by atoms with E-state index in [1.54, 1.807) is 25.1 Å². The van der Waals surface area contributed by atoms with E-state index < -0.39 is 0 Å². The maximum Gasteiger partial charge on any atom is 0.229 e. The molecular weight excluding hydrogens is 206 g/mol. The lowest BCUT2D eigenvalue weighted by atomic mass is 10.1. The van der Waals surface area contributed by atoms with Crippen molar-refractivity contribution in [3.05, 3.63) is 23.8 Å². The van der Waals surface area contributed by atoms with Crippen molar-refractivity contribution in [3.8, 4) is 5.75 Å². The van der Waals surface area contributed by atoms with E-state index in [1.165, 1.54) is 0 Å². The topological polar surface area (TPSA) is 58.6 Å². The number of nitrogens with one attached hydrogen (secondary N) is 1. The summed E-state index contributed by atoms with van der Waals surface area (Å²) >= 11 is 0. The van der Waals surface area contributed by atoms with Crippen LogP contribution in [0.5, 0.6) is 5.75 Å². The van der Waals surface area contributed by atoms with Gasteiger partial charge < -0.3 is 15.2 Å². The number of amides is 1. The molecule has 1 aliphatic rings. The molecule has 86 valence electrons. The van der Waals surface area contributed by atoms with E-state index in [0.29, 0.717) is 18.9 Å². The van der Waals surface area contributed by atoms with Crippen molar-refractivity contribution in [2.45, 2.75) is 13.3 Å². The number of hydrogen-bond acceptors (Lipinski definition) is 3. The van der Waals surface area contributed by atoms with Crippen LogP contribution in [0.25, 0.3) is 0 Å². The Bertz CT molecular complexity index is 397. The lowest BCUT2D eigenvalue weighted by Gasteiger charge is -2.10. The maximum absolute atomic E-state index is 11.8. The highest BCUT2D eigenvalue weighted by molar-refractivity contribution is 5.92. The van der Waals surface area contributed by atoms with Gasteiger partial charge in [0.1, 0.15) is 5.75 Å². The second kappa shape index (κ2) is 4.53. The lowest BCUT2D eigenvalue weighted by Crippen LogP contribution is -2.22. The zero-order chi connectivity index (χ0) is 11.5. The number of benzene rings is 1. The Balaban J connectivity index is 2.02. The number of anilines is 1. The maximum atomic E-state index is 11.8. The molecule has 0 bridgehead atoms. The molecule has 1 unspecified atom stereocenters. The number of carbonyl (C=O) groups excluding carboxylic acids is 1. The van der Waals surface area contributed by atoms with Gasteiger partial charge in [0.15, 0.2) is 0 Å². The molecule has 1 amide bonds. The number of aromatic hydroxyl groups is 1. The molecular formula is C12H15NO3. The predicted octanol–water partition coefficient (Wildman–Crippen LogP) is 1.68. The molecule has 0 radical (unpaired) electrons. The number of carbonyl (C=O) groups is 1. The first-order chi connectivity index (χ1) is 7.66. The zero-order valence-corrected chi connectivity index (χ0v) is 9.19. The van der Waals surface area contributed by atoms with Gasteiger partial charge in [-0.15, -0.1) is 0 Å². The summed E-state index contributed by atoms with van der Waals surface area (Å²) in [6.07, 6.45) is 0.781. The smallest absolute Gasteiger partial charge is 0.229 e. The molecule has 1 heterocycles. The molecule has 0 saturated carbocycles. The minimum absolute atomic E-state index is 0.0115. The van der Waals surface area contributed by atoms with Crippen LogP contribution < -0.4 is 5.32 Å². The molecule has 1 fully saturated rings. The SMILES string of the molecule is Cc1cc(NC(=O)C2CCOC2)ccc1O. The largest absolute Gasteiger partial charge is 0.508 e. The summed E-state index contributed by atoms with van der Waals surface area (Å²) in [5, 5.41) is 12.2. The van der Waals surface area contributed by atoms with Crippen LogP contribution in [-0.2, 0) is 9.53 Å². The summed E-state index contributed by atoms with van der Waals surface area (Å²) in [4.78, 5) is 11.8. The molecule has 1 saturated heterocycles. The lowest BCUT2D eigenvalue weighted by molar-refractivity contribution is -0.119. The predicted molar refractivity (Wildman–Crippen MR) is 60.4 cm³/mol. The van der Waals surface area contributed by atoms with Crippen LogP contribution in [0.1, 0.15) is 12.0 Å². The highest BCUT2D eigenvalue weighted by Crippen LogP contribution is 2.21. The fraction of sp³-hybridized carbons (Fsp3) is 0.417. The Morgan fingerprint density at radius 2 is 2.38 bits per heavy atom. The number of hydrogen-bond donors (Lipinski definition) is 2. The van der Waals surface area contributed by atoms with Crippen LogP contribution in [0, 0.1) is 12.8 Å². The number of phenols is 1. The van der Waals surface area contributed by atoms with Crippen molar-refractivity contribution in [2.24, 2.45) is 5.92 Å². The van der Waals surface area contributed by atoms with Gasteiger partial charge in [-0.1, -0.05) is 0 Å². The Hall–Kier alpha value is -1.55. The first kappa shape index (κ1) is 11.0. The standard InChI is InChI=1S/C12H15NO3/c1-8-6-10(2-3-11(8)14)13-12(15)9-4-5-16-7-9/h2-3,6,9,14H,4-5,7H2,1H3,(H,13,15). The zero-order valence-electron chi connectivity index (χ0n) is 9.19. The minimum Gasteiger partial charge on any atom is -0.508 e. The highest BCUT2D eigenvalue weighted by atomic mass is 16.5. The monoisotopic (exact) mass is 221 g/mol. The first-order valence-corrected chi connectivity index (χ1v) is 5.35. The molecule has 2 rings (SSSR count). The third-order valence-electron chi connectivity index (χ3n) is 2.76. The van der Waals surface area contributed by atoms with Crippen molar-refractivity contribution in [1.82, 2.24) is 0 Å². The van der Waals surface area contributed by atoms with Crippen molar-refractivity contribution in [2.75, 3.05) is 18.5 Å². The first-order valence-electron chi connectivity index (χ1n) is 5.35. The van der Waals surface area contributed by atoms with Crippen molar-refractivity contribution < 1.29 is 14.6 Å². The summed E-state index contributed by atoms with van der Waals surface area (Å²) in [5.41, 5.74) is 1.47. The molecule has 2 N–H and O–H groups in total. The number of phenolic OH excluding ortho intramolecular Hbond substituents is 1. The van der Waals surface area contributed by atoms with E-state index in [4.69, 9.17) is 4.74 Å². The fourth-order valence-corrected chi connectivity index (χ4v) is 1.72. The van der Waals surface area contributed by atoms with Gasteiger partial charge in [-0.25, -0.2) is 0 Å². The fourth-order valence-electron chi connectivity index (χ4n) is 1.72. The molecule has 1 atom stereocenters. The summed E-state index contributed by atoms with van der Waals surface area (Å²) in [6, 6.07) is 5.02. The molecule has 4 nitrogen and oxygen atoms in total. The van der Waals surface area contributed by atoms with Gasteiger partial charge in [0.05, 0.1) is 12.5 Å². The quantitative estimate of drug-likeness (QED) is 0.747. The van der Waals surface area contributed by atoms with Crippen LogP contribution in [0.15, 0.2) is 18.2 Å². The van der Waals surface area contributed by atoms with Crippen LogP contribution >= 0.6 is 0 Å². The van der Waals surface area contributed by atoms with Gasteiger partial charge in [-0.05, 0) is 37.1 Å². The van der Waals surface area contributed by atoms with E-state index in [0.717, 1.165) is 12.0 Å². The van der Waals surface area contributed by atoms with E-state index in [-0.39, 0.29) is 17.6 Å². The van der Waals surface area contributed by atoms with E-state index >= 15 is 0 Å². The molecule has 16 heavy (non-hydrogen) atoms. The molecule has 4 heteroatoms. The molecule has 1 aromatic rings. The second-order valence-electron chi connectivity index (χ2n) is 4.05. The Morgan fingerprint density at radius 1 is 1.56 bits per heavy atom. The number of aryl methyl sites for hydroxylation is 1. The molecule has 0 aliphatic carbocycles. The van der Waals surface area contributed by atoms with E-state index in [9.17, 15) is 9.90 Å². The van der Waals surface area contributed by atoms with Crippen LogP contribution in [0.2, 0.25) is 0 Å². The molecule has 0 aromatic heterocycles. The Kier molecular flexibility index (Phi) is 3.10. The molecule has 1 aliphatic heterocycles. The average molecular weight is 221 g/mol. The van der Waals surface area contributed by atoms with Gasteiger partial charge in [-0.3, -0.25) is 4.79 Å². The van der Waals surface area contributed by atoms with Crippen molar-refractivity contribution in [1.29, 1.82) is 0 Å². The van der Waals surface area contributed by atoms with E-state index in [2.05, 4.69) is 5.32 Å². The molecule has 0 spiro atoms. The summed E-state index contributed by atoms with van der Waals surface area (Å²) in [7, 11) is 0. The Labute approximate surface area is 94.2 Å². The van der Waals surface area contributed by atoms with Gasteiger partial charge in [-0.2, -0.15) is 0 Å².